The van der Waals surface area contributed by atoms with E-state index in [0.717, 1.165) is 35.2 Å². The Morgan fingerprint density at radius 1 is 1.18 bits per heavy atom. The molecule has 3 heterocycles. The van der Waals surface area contributed by atoms with E-state index >= 15 is 0 Å². The number of aromatic nitrogens is 2. The molecule has 2 aliphatic carbocycles. The van der Waals surface area contributed by atoms with E-state index in [-0.39, 0.29) is 23.7 Å². The molecule has 0 saturated heterocycles. The van der Waals surface area contributed by atoms with Crippen LogP contribution in [-0.2, 0) is 34.3 Å². The SMILES string of the molecule is CC(C)(CCl)C(=O)N(CC=Cc1cnc2c(c1)CC1(C2)C(=O)Nc2ncccc21)C1CCc2ccccc21. The highest BCUT2D eigenvalue weighted by Gasteiger charge is 2.51. The summed E-state index contributed by atoms with van der Waals surface area (Å²) in [5.41, 5.74) is 5.21. The molecule has 1 N–H and O–H groups in total. The summed E-state index contributed by atoms with van der Waals surface area (Å²) >= 11 is 6.21. The number of anilines is 1. The highest BCUT2D eigenvalue weighted by molar-refractivity contribution is 6.19. The van der Waals surface area contributed by atoms with E-state index in [9.17, 15) is 9.59 Å². The smallest absolute Gasteiger partial charge is 0.237 e. The molecule has 3 aromatic rings. The van der Waals surface area contributed by atoms with Gasteiger partial charge in [0.05, 0.1) is 16.9 Å². The summed E-state index contributed by atoms with van der Waals surface area (Å²) in [7, 11) is 0. The summed E-state index contributed by atoms with van der Waals surface area (Å²) in [6.45, 7) is 4.31. The molecular weight excluding hydrogens is 496 g/mol. The standard InChI is InChI=1S/C31H31ClN4O2/c1-30(2,19-32)29(38)36(26-12-11-21-8-3-4-9-23(21)26)14-6-7-20-15-22-16-31(17-25(22)34-18-20)24-10-5-13-33-27(24)35-28(31)37/h3-10,13,15,18,26H,11-12,14,16-17,19H2,1-2H3,(H,33,35,37). The van der Waals surface area contributed by atoms with Crippen LogP contribution >= 0.6 is 11.6 Å². The number of rotatable bonds is 6. The van der Waals surface area contributed by atoms with Crippen molar-refractivity contribution < 1.29 is 9.59 Å². The zero-order valence-electron chi connectivity index (χ0n) is 21.7. The lowest BCUT2D eigenvalue weighted by Crippen LogP contribution is -2.43. The molecule has 38 heavy (non-hydrogen) atoms. The number of nitrogens with one attached hydrogen (secondary N) is 1. The fourth-order valence-corrected chi connectivity index (χ4v) is 6.30. The van der Waals surface area contributed by atoms with E-state index in [2.05, 4.69) is 34.6 Å². The first kappa shape index (κ1) is 24.8. The number of aryl methyl sites for hydroxylation is 1. The molecule has 0 bridgehead atoms. The van der Waals surface area contributed by atoms with Gasteiger partial charge in [0.2, 0.25) is 11.8 Å². The number of nitrogens with zero attached hydrogens (tertiary/aromatic N) is 3. The molecule has 2 aromatic heterocycles. The van der Waals surface area contributed by atoms with Crippen molar-refractivity contribution in [2.24, 2.45) is 5.41 Å². The first-order valence-electron chi connectivity index (χ1n) is 13.2. The molecule has 1 aromatic carbocycles. The highest BCUT2D eigenvalue weighted by atomic mass is 35.5. The first-order valence-corrected chi connectivity index (χ1v) is 13.7. The van der Waals surface area contributed by atoms with Crippen LogP contribution in [0.2, 0.25) is 0 Å². The molecule has 2 amide bonds. The number of fused-ring (bicyclic) bond motifs is 4. The monoisotopic (exact) mass is 526 g/mol. The molecule has 0 saturated carbocycles. The van der Waals surface area contributed by atoms with Crippen molar-refractivity contribution in [1.29, 1.82) is 0 Å². The molecule has 0 radical (unpaired) electrons. The van der Waals surface area contributed by atoms with Gasteiger partial charge in [-0.15, -0.1) is 11.6 Å². The number of hydrogen-bond acceptors (Lipinski definition) is 4. The van der Waals surface area contributed by atoms with Gasteiger partial charge in [-0.2, -0.15) is 0 Å². The quantitative estimate of drug-likeness (QED) is 0.445. The number of benzene rings is 1. The second kappa shape index (κ2) is 9.35. The summed E-state index contributed by atoms with van der Waals surface area (Å²) in [4.78, 5) is 37.7. The number of hydrogen-bond donors (Lipinski definition) is 1. The first-order chi connectivity index (χ1) is 18.3. The van der Waals surface area contributed by atoms with Crippen LogP contribution in [0.15, 0.2) is 60.9 Å². The van der Waals surface area contributed by atoms with Gasteiger partial charge in [-0.1, -0.05) is 42.5 Å². The van der Waals surface area contributed by atoms with Crippen molar-refractivity contribution >= 4 is 35.3 Å². The maximum absolute atomic E-state index is 13.6. The summed E-state index contributed by atoms with van der Waals surface area (Å²) in [6, 6.07) is 14.4. The zero-order chi connectivity index (χ0) is 26.5. The van der Waals surface area contributed by atoms with Crippen LogP contribution < -0.4 is 5.32 Å². The van der Waals surface area contributed by atoms with Crippen LogP contribution in [0.3, 0.4) is 0 Å². The average molecular weight is 527 g/mol. The zero-order valence-corrected chi connectivity index (χ0v) is 22.5. The Balaban J connectivity index is 1.24. The lowest BCUT2D eigenvalue weighted by atomic mass is 9.80. The van der Waals surface area contributed by atoms with Gasteiger partial charge in [-0.05, 0) is 67.5 Å². The molecular formula is C31H31ClN4O2. The minimum Gasteiger partial charge on any atom is -0.331 e. The third kappa shape index (κ3) is 4.02. The Hall–Kier alpha value is -3.51. The van der Waals surface area contributed by atoms with Crippen molar-refractivity contribution in [1.82, 2.24) is 14.9 Å². The number of halogens is 1. The van der Waals surface area contributed by atoms with Crippen molar-refractivity contribution in [3.05, 3.63) is 94.4 Å². The molecule has 7 heteroatoms. The van der Waals surface area contributed by atoms with Gasteiger partial charge in [0.1, 0.15) is 5.82 Å². The Labute approximate surface area is 228 Å². The predicted octanol–water partition coefficient (Wildman–Crippen LogP) is 5.26. The van der Waals surface area contributed by atoms with E-state index in [1.165, 1.54) is 11.1 Å². The summed E-state index contributed by atoms with van der Waals surface area (Å²) in [5.74, 6) is 0.980. The maximum Gasteiger partial charge on any atom is 0.237 e. The molecule has 3 aliphatic rings. The van der Waals surface area contributed by atoms with Gasteiger partial charge in [-0.25, -0.2) is 4.98 Å². The van der Waals surface area contributed by atoms with Crippen LogP contribution in [0.5, 0.6) is 0 Å². The highest BCUT2D eigenvalue weighted by Crippen LogP contribution is 2.46. The normalized spacial score (nSPS) is 21.4. The van der Waals surface area contributed by atoms with E-state index in [4.69, 9.17) is 16.6 Å². The molecule has 2 unspecified atom stereocenters. The Morgan fingerprint density at radius 2 is 2.03 bits per heavy atom. The topological polar surface area (TPSA) is 75.2 Å². The third-order valence-electron chi connectivity index (χ3n) is 8.30. The Morgan fingerprint density at radius 3 is 2.87 bits per heavy atom. The predicted molar refractivity (Wildman–Crippen MR) is 149 cm³/mol. The number of carbonyl (C=O) groups excluding carboxylic acids is 2. The van der Waals surface area contributed by atoms with Crippen LogP contribution in [-0.4, -0.2) is 39.1 Å². The third-order valence-corrected chi connectivity index (χ3v) is 8.96. The summed E-state index contributed by atoms with van der Waals surface area (Å²) in [6.07, 6.45) is 10.7. The van der Waals surface area contributed by atoms with Gasteiger partial charge in [-0.3, -0.25) is 14.6 Å². The fraction of sp³-hybridized carbons (Fsp3) is 0.355. The van der Waals surface area contributed by atoms with Crippen molar-refractivity contribution in [2.75, 3.05) is 17.7 Å². The Kier molecular flexibility index (Phi) is 6.10. The van der Waals surface area contributed by atoms with Gasteiger partial charge < -0.3 is 10.2 Å². The van der Waals surface area contributed by atoms with Crippen LogP contribution in [0, 0.1) is 5.41 Å². The maximum atomic E-state index is 13.6. The molecule has 0 fully saturated rings. The Bertz CT molecular complexity index is 1470. The number of pyridine rings is 2. The average Bonchev–Trinajstić information content (AvgIpc) is 3.60. The molecule has 6 rings (SSSR count). The minimum absolute atomic E-state index is 0.00537. The fourth-order valence-electron chi connectivity index (χ4n) is 6.18. The van der Waals surface area contributed by atoms with Crippen molar-refractivity contribution in [2.45, 2.75) is 51.0 Å². The van der Waals surface area contributed by atoms with E-state index in [1.54, 1.807) is 6.20 Å². The molecule has 194 valence electrons. The van der Waals surface area contributed by atoms with Crippen LogP contribution in [0.1, 0.15) is 59.8 Å². The number of carbonyl (C=O) groups is 2. The number of amides is 2. The number of alkyl halides is 1. The summed E-state index contributed by atoms with van der Waals surface area (Å²) in [5, 5.41) is 2.95. The van der Waals surface area contributed by atoms with E-state index < -0.39 is 10.8 Å². The minimum atomic E-state index is -0.649. The van der Waals surface area contributed by atoms with Gasteiger partial charge in [0.25, 0.3) is 0 Å². The summed E-state index contributed by atoms with van der Waals surface area (Å²) < 4.78 is 0. The molecule has 1 spiro atoms. The van der Waals surface area contributed by atoms with Crippen LogP contribution in [0.4, 0.5) is 5.82 Å². The van der Waals surface area contributed by atoms with Gasteiger partial charge >= 0.3 is 0 Å². The molecule has 1 aliphatic heterocycles. The molecule has 2 atom stereocenters. The lowest BCUT2D eigenvalue weighted by molar-refractivity contribution is -0.141. The van der Waals surface area contributed by atoms with Crippen LogP contribution in [0.25, 0.3) is 6.08 Å². The molecule has 6 nitrogen and oxygen atoms in total. The van der Waals surface area contributed by atoms with E-state index in [1.807, 2.05) is 55.3 Å². The second-order valence-electron chi connectivity index (χ2n) is 11.3. The largest absolute Gasteiger partial charge is 0.331 e. The second-order valence-corrected chi connectivity index (χ2v) is 11.6. The lowest BCUT2D eigenvalue weighted by Gasteiger charge is -2.35. The van der Waals surface area contributed by atoms with Crippen molar-refractivity contribution in [3.8, 4) is 0 Å². The van der Waals surface area contributed by atoms with Crippen molar-refractivity contribution in [3.63, 3.8) is 0 Å². The van der Waals surface area contributed by atoms with E-state index in [0.29, 0.717) is 25.2 Å². The van der Waals surface area contributed by atoms with Gasteiger partial charge in [0.15, 0.2) is 0 Å². The van der Waals surface area contributed by atoms with Gasteiger partial charge in [0, 0.05) is 42.5 Å².